The third-order valence-electron chi connectivity index (χ3n) is 7.05. The number of thioether (sulfide) groups is 1. The number of benzene rings is 2. The van der Waals surface area contributed by atoms with Gasteiger partial charge in [-0.2, -0.15) is 36.4 Å². The number of nitrogens with one attached hydrogen (secondary N) is 1. The number of ether oxygens (including phenoxy) is 1. The van der Waals surface area contributed by atoms with Crippen molar-refractivity contribution in [2.45, 2.75) is 37.4 Å². The Morgan fingerprint density at radius 1 is 1.15 bits per heavy atom. The van der Waals surface area contributed by atoms with Gasteiger partial charge >= 0.3 is 12.4 Å². The second kappa shape index (κ2) is 11.1. The lowest BCUT2D eigenvalue weighted by Crippen LogP contribution is -2.36. The van der Waals surface area contributed by atoms with E-state index < -0.39 is 23.5 Å². The van der Waals surface area contributed by atoms with E-state index in [1.165, 1.54) is 22.6 Å². The number of hydrogen-bond donors (Lipinski definition) is 1. The number of aliphatic imine (C=N–C) groups is 1. The molecule has 7 nitrogen and oxygen atoms in total. The number of methoxy groups -OCH3 is 1. The van der Waals surface area contributed by atoms with Crippen LogP contribution in [0.4, 0.5) is 26.3 Å². The van der Waals surface area contributed by atoms with Crippen molar-refractivity contribution in [1.82, 2.24) is 20.0 Å². The van der Waals surface area contributed by atoms with Crippen LogP contribution in [0.15, 0.2) is 52.5 Å². The molecule has 3 aromatic rings. The minimum Gasteiger partial charge on any atom is -0.383 e. The van der Waals surface area contributed by atoms with Crippen molar-refractivity contribution < 1.29 is 35.9 Å². The van der Waals surface area contributed by atoms with Gasteiger partial charge in [0.1, 0.15) is 0 Å². The van der Waals surface area contributed by atoms with Crippen LogP contribution in [-0.4, -0.2) is 65.1 Å². The maximum absolute atomic E-state index is 13.6. The summed E-state index contributed by atoms with van der Waals surface area (Å²) in [6.07, 6.45) is -5.87. The van der Waals surface area contributed by atoms with Gasteiger partial charge in [0, 0.05) is 38.2 Å². The molecule has 0 radical (unpaired) electrons. The van der Waals surface area contributed by atoms with Gasteiger partial charge in [0.2, 0.25) is 0 Å². The molecule has 0 aliphatic carbocycles. The highest BCUT2D eigenvalue weighted by Crippen LogP contribution is 2.38. The largest absolute Gasteiger partial charge is 0.416 e. The number of alkyl halides is 6. The van der Waals surface area contributed by atoms with Crippen molar-refractivity contribution in [2.75, 3.05) is 27.3 Å². The molecule has 1 N–H and O–H groups in total. The van der Waals surface area contributed by atoms with E-state index in [1.807, 2.05) is 11.9 Å². The molecule has 3 heterocycles. The molecule has 5 rings (SSSR count). The third kappa shape index (κ3) is 6.28. The van der Waals surface area contributed by atoms with E-state index in [1.54, 1.807) is 31.4 Å². The molecule has 1 unspecified atom stereocenters. The molecular weight excluding hydrogens is 572 g/mol. The molecule has 2 aromatic carbocycles. The van der Waals surface area contributed by atoms with Crippen molar-refractivity contribution in [2.24, 2.45) is 4.99 Å². The molecule has 14 heteroatoms. The normalized spacial score (nSPS) is 20.8. The summed E-state index contributed by atoms with van der Waals surface area (Å²) >= 11 is 1.26. The summed E-state index contributed by atoms with van der Waals surface area (Å²) in [5, 5.41) is 8.74. The van der Waals surface area contributed by atoms with Crippen LogP contribution in [-0.2, 0) is 28.4 Å². The molecule has 0 bridgehead atoms. The quantitative estimate of drug-likeness (QED) is 0.303. The van der Waals surface area contributed by atoms with E-state index in [0.717, 1.165) is 19.0 Å². The molecule has 1 fully saturated rings. The minimum atomic E-state index is -4.97. The average molecular weight is 598 g/mol. The first-order chi connectivity index (χ1) is 19.3. The zero-order valence-electron chi connectivity index (χ0n) is 21.9. The fourth-order valence-electron chi connectivity index (χ4n) is 4.91. The van der Waals surface area contributed by atoms with E-state index in [0.29, 0.717) is 39.2 Å². The zero-order chi connectivity index (χ0) is 29.5. The number of carbonyl (C=O) groups is 1. The number of aromatic nitrogens is 2. The summed E-state index contributed by atoms with van der Waals surface area (Å²) in [7, 11) is 3.54. The SMILES string of the molecule is COC[C@@H]1CC(N(C)C2=NC(=O)/C(=C/c3ccc4c(cnn4Cc4ccc(C(F)(F)F)cc4C(F)(F)F)c3)S2)CN1. The van der Waals surface area contributed by atoms with Gasteiger partial charge in [0.25, 0.3) is 5.91 Å². The average Bonchev–Trinajstić information content (AvgIpc) is 3.62. The van der Waals surface area contributed by atoms with Gasteiger partial charge in [-0.25, -0.2) is 0 Å². The topological polar surface area (TPSA) is 71.8 Å². The van der Waals surface area contributed by atoms with Crippen LogP contribution in [0.2, 0.25) is 0 Å². The number of hydrogen-bond acceptors (Lipinski definition) is 6. The Bertz CT molecular complexity index is 1530. The van der Waals surface area contributed by atoms with E-state index in [4.69, 9.17) is 4.74 Å². The van der Waals surface area contributed by atoms with Crippen LogP contribution in [0.25, 0.3) is 17.0 Å². The Morgan fingerprint density at radius 2 is 1.93 bits per heavy atom. The predicted octanol–water partition coefficient (Wildman–Crippen LogP) is 5.40. The van der Waals surface area contributed by atoms with Crippen molar-refractivity contribution in [1.29, 1.82) is 0 Å². The Balaban J connectivity index is 1.33. The third-order valence-corrected chi connectivity index (χ3v) is 8.13. The predicted molar refractivity (Wildman–Crippen MR) is 143 cm³/mol. The van der Waals surface area contributed by atoms with Gasteiger partial charge in [0.05, 0.1) is 40.9 Å². The number of amidine groups is 1. The van der Waals surface area contributed by atoms with Gasteiger partial charge in [-0.3, -0.25) is 9.48 Å². The summed E-state index contributed by atoms with van der Waals surface area (Å²) in [6.45, 7) is 0.964. The lowest BCUT2D eigenvalue weighted by atomic mass is 10.0. The van der Waals surface area contributed by atoms with Gasteiger partial charge in [0.15, 0.2) is 5.17 Å². The van der Waals surface area contributed by atoms with Gasteiger partial charge < -0.3 is 15.0 Å². The van der Waals surface area contributed by atoms with Gasteiger partial charge in [-0.1, -0.05) is 12.1 Å². The molecule has 1 amide bonds. The standard InChI is InChI=1S/C27H25F6N5O2S/c1-37(20-10-19(14-40-2)34-12-20)25-36-24(39)23(41-25)8-15-3-6-22-17(7-15)11-35-38(22)13-16-4-5-18(26(28,29)30)9-21(16)27(31,32)33/h3-9,11,19-20,34H,10,12-14H2,1-2H3/b23-8-/t19-,20?/m0/s1. The molecule has 0 spiro atoms. The molecule has 2 aliphatic heterocycles. The summed E-state index contributed by atoms with van der Waals surface area (Å²) < 4.78 is 86.4. The van der Waals surface area contributed by atoms with Crippen molar-refractivity contribution >= 4 is 39.8 Å². The van der Waals surface area contributed by atoms with Crippen molar-refractivity contribution in [3.63, 3.8) is 0 Å². The Hall–Kier alpha value is -3.36. The first-order valence-corrected chi connectivity index (χ1v) is 13.4. The van der Waals surface area contributed by atoms with E-state index >= 15 is 0 Å². The second-order valence-electron chi connectivity index (χ2n) is 9.86. The zero-order valence-corrected chi connectivity index (χ0v) is 22.7. The van der Waals surface area contributed by atoms with Crippen molar-refractivity contribution in [3.05, 3.63) is 69.8 Å². The number of likely N-dealkylation sites (N-methyl/N-ethyl adjacent to an activating group) is 1. The van der Waals surface area contributed by atoms with Crippen LogP contribution in [0.3, 0.4) is 0 Å². The number of fused-ring (bicyclic) bond motifs is 1. The summed E-state index contributed by atoms with van der Waals surface area (Å²) in [5.41, 5.74) is -1.92. The number of amides is 1. The van der Waals surface area contributed by atoms with E-state index in [9.17, 15) is 31.1 Å². The maximum atomic E-state index is 13.6. The molecule has 0 saturated carbocycles. The highest BCUT2D eigenvalue weighted by atomic mass is 32.2. The molecular formula is C27H25F6N5O2S. The van der Waals surface area contributed by atoms with Crippen LogP contribution in [0.5, 0.6) is 0 Å². The number of halogens is 6. The van der Waals surface area contributed by atoms with E-state index in [2.05, 4.69) is 15.4 Å². The van der Waals surface area contributed by atoms with Crippen molar-refractivity contribution in [3.8, 4) is 0 Å². The molecule has 41 heavy (non-hydrogen) atoms. The number of nitrogens with zero attached hydrogens (tertiary/aromatic N) is 4. The van der Waals surface area contributed by atoms with Crippen LogP contribution in [0.1, 0.15) is 28.7 Å². The maximum Gasteiger partial charge on any atom is 0.416 e. The Labute approximate surface area is 235 Å². The van der Waals surface area contributed by atoms with E-state index in [-0.39, 0.29) is 36.2 Å². The molecule has 218 valence electrons. The van der Waals surface area contributed by atoms with Crippen LogP contribution >= 0.6 is 11.8 Å². The lowest BCUT2D eigenvalue weighted by molar-refractivity contribution is -0.143. The highest BCUT2D eigenvalue weighted by Gasteiger charge is 2.38. The number of rotatable bonds is 6. The van der Waals surface area contributed by atoms with Gasteiger partial charge in [-0.05, 0) is 59.7 Å². The summed E-state index contributed by atoms with van der Waals surface area (Å²) in [5.74, 6) is -0.367. The molecule has 1 aromatic heterocycles. The first kappa shape index (κ1) is 29.1. The summed E-state index contributed by atoms with van der Waals surface area (Å²) in [6, 6.07) is 7.04. The number of carbonyl (C=O) groups excluding carboxylic acids is 1. The Kier molecular flexibility index (Phi) is 7.92. The molecule has 1 saturated heterocycles. The molecule has 2 aliphatic rings. The minimum absolute atomic E-state index is 0.122. The van der Waals surface area contributed by atoms with Crippen LogP contribution in [0, 0.1) is 0 Å². The monoisotopic (exact) mass is 597 g/mol. The first-order valence-electron chi connectivity index (χ1n) is 12.5. The lowest BCUT2D eigenvalue weighted by Gasteiger charge is -2.24. The summed E-state index contributed by atoms with van der Waals surface area (Å²) in [4.78, 5) is 19.2. The van der Waals surface area contributed by atoms with Crippen LogP contribution < -0.4 is 5.32 Å². The Morgan fingerprint density at radius 3 is 2.63 bits per heavy atom. The van der Waals surface area contributed by atoms with Gasteiger partial charge in [-0.15, -0.1) is 0 Å². The smallest absolute Gasteiger partial charge is 0.383 e. The molecule has 2 atom stereocenters. The highest BCUT2D eigenvalue weighted by molar-refractivity contribution is 8.18. The fraction of sp³-hybridized carbons (Fsp3) is 0.370. The fourth-order valence-corrected chi connectivity index (χ4v) is 5.86. The second-order valence-corrected chi connectivity index (χ2v) is 10.9.